The van der Waals surface area contributed by atoms with Crippen molar-refractivity contribution in [2.75, 3.05) is 0 Å². The molecule has 0 bridgehead atoms. The highest BCUT2D eigenvalue weighted by Crippen LogP contribution is 2.20. The van der Waals surface area contributed by atoms with E-state index in [2.05, 4.69) is 52.9 Å². The van der Waals surface area contributed by atoms with E-state index < -0.39 is 0 Å². The van der Waals surface area contributed by atoms with Crippen LogP contribution in [-0.2, 0) is 17.9 Å². The number of ether oxygens (including phenoxy) is 1. The molecule has 0 aliphatic heterocycles. The third kappa shape index (κ3) is 4.83. The fourth-order valence-corrected chi connectivity index (χ4v) is 1.50. The molecule has 18 heavy (non-hydrogen) atoms. The topological polar surface area (TPSA) is 34.4 Å². The summed E-state index contributed by atoms with van der Waals surface area (Å²) in [5.41, 5.74) is 1.10. The Kier molecular flexibility index (Phi) is 5.42. The van der Waals surface area contributed by atoms with Crippen molar-refractivity contribution in [2.45, 2.75) is 72.8 Å². The van der Waals surface area contributed by atoms with Gasteiger partial charge in [0.25, 0.3) is 0 Å². The molecule has 0 saturated heterocycles. The lowest BCUT2D eigenvalue weighted by Crippen LogP contribution is -2.22. The Bertz CT molecular complexity index is 367. The molecule has 0 unspecified atom stereocenters. The van der Waals surface area contributed by atoms with Crippen LogP contribution in [0.25, 0.3) is 0 Å². The molecule has 3 nitrogen and oxygen atoms in total. The van der Waals surface area contributed by atoms with Gasteiger partial charge in [-0.2, -0.15) is 0 Å². The summed E-state index contributed by atoms with van der Waals surface area (Å²) < 4.78 is 11.7. The van der Waals surface area contributed by atoms with Crippen LogP contribution in [0.1, 0.15) is 58.1 Å². The van der Waals surface area contributed by atoms with Crippen molar-refractivity contribution >= 4 is 0 Å². The predicted octanol–water partition coefficient (Wildman–Crippen LogP) is 3.79. The fourth-order valence-electron chi connectivity index (χ4n) is 1.50. The van der Waals surface area contributed by atoms with Gasteiger partial charge in [-0.3, -0.25) is 0 Å². The summed E-state index contributed by atoms with van der Waals surface area (Å²) in [5.74, 6) is 1.92. The first-order valence-corrected chi connectivity index (χ1v) is 6.79. The lowest BCUT2D eigenvalue weighted by molar-refractivity contribution is -0.0386. The smallest absolute Gasteiger partial charge is 0.130 e. The summed E-state index contributed by atoms with van der Waals surface area (Å²) in [5, 5.41) is 3.36. The first-order chi connectivity index (χ1) is 8.34. The Morgan fingerprint density at radius 3 is 2.61 bits per heavy atom. The van der Waals surface area contributed by atoms with E-state index in [4.69, 9.17) is 9.15 Å². The molecule has 3 heteroatoms. The molecule has 0 radical (unpaired) electrons. The monoisotopic (exact) mass is 253 g/mol. The summed E-state index contributed by atoms with van der Waals surface area (Å²) in [6, 6.07) is 2.54. The lowest BCUT2D eigenvalue weighted by Gasteiger charge is -2.22. The fraction of sp³-hybridized carbons (Fsp3) is 0.733. The number of hydrogen-bond acceptors (Lipinski definition) is 3. The molecule has 104 valence electrons. The minimum atomic E-state index is -0.0863. The van der Waals surface area contributed by atoms with E-state index in [1.54, 1.807) is 0 Å². The number of rotatable bonds is 7. The molecule has 0 amide bonds. The van der Waals surface area contributed by atoms with Gasteiger partial charge >= 0.3 is 0 Å². The van der Waals surface area contributed by atoms with Gasteiger partial charge in [-0.1, -0.05) is 20.8 Å². The number of furan rings is 1. The largest absolute Gasteiger partial charge is 0.462 e. The second-order valence-electron chi connectivity index (χ2n) is 5.76. The molecule has 1 N–H and O–H groups in total. The first-order valence-electron chi connectivity index (χ1n) is 6.79. The van der Waals surface area contributed by atoms with E-state index in [0.717, 1.165) is 24.5 Å². The molecule has 1 heterocycles. The lowest BCUT2D eigenvalue weighted by atomic mass is 10.1. The van der Waals surface area contributed by atoms with Gasteiger partial charge < -0.3 is 14.5 Å². The van der Waals surface area contributed by atoms with Crippen LogP contribution in [0.2, 0.25) is 0 Å². The van der Waals surface area contributed by atoms with E-state index in [1.165, 1.54) is 5.56 Å². The van der Waals surface area contributed by atoms with Crippen LogP contribution in [0.5, 0.6) is 0 Å². The maximum atomic E-state index is 5.84. The highest BCUT2D eigenvalue weighted by Gasteiger charge is 2.17. The van der Waals surface area contributed by atoms with Gasteiger partial charge in [0.05, 0.1) is 12.1 Å². The molecule has 1 rings (SSSR count). The van der Waals surface area contributed by atoms with Crippen molar-refractivity contribution in [3.05, 3.63) is 23.2 Å². The Morgan fingerprint density at radius 2 is 2.06 bits per heavy atom. The second kappa shape index (κ2) is 6.39. The third-order valence-corrected chi connectivity index (χ3v) is 3.20. The van der Waals surface area contributed by atoms with Gasteiger partial charge in [0, 0.05) is 6.04 Å². The molecular formula is C15H27NO2. The minimum Gasteiger partial charge on any atom is -0.462 e. The maximum absolute atomic E-state index is 5.84. The van der Waals surface area contributed by atoms with E-state index in [9.17, 15) is 0 Å². The van der Waals surface area contributed by atoms with Gasteiger partial charge in [0.15, 0.2) is 0 Å². The zero-order chi connectivity index (χ0) is 13.8. The van der Waals surface area contributed by atoms with Gasteiger partial charge in [0.2, 0.25) is 0 Å². The van der Waals surface area contributed by atoms with Crippen molar-refractivity contribution in [1.82, 2.24) is 5.32 Å². The number of nitrogens with one attached hydrogen (secondary N) is 1. The summed E-state index contributed by atoms with van der Waals surface area (Å²) in [6.07, 6.45) is 0.994. The van der Waals surface area contributed by atoms with Gasteiger partial charge in [-0.25, -0.2) is 0 Å². The van der Waals surface area contributed by atoms with Crippen molar-refractivity contribution in [2.24, 2.45) is 0 Å². The Hall–Kier alpha value is -0.800. The quantitative estimate of drug-likeness (QED) is 0.802. The Labute approximate surface area is 111 Å². The van der Waals surface area contributed by atoms with Gasteiger partial charge in [-0.05, 0) is 38.8 Å². The third-order valence-electron chi connectivity index (χ3n) is 3.20. The Balaban J connectivity index is 2.56. The molecule has 0 saturated carbocycles. The van der Waals surface area contributed by atoms with Crippen LogP contribution in [0, 0.1) is 6.92 Å². The van der Waals surface area contributed by atoms with Crippen molar-refractivity contribution in [3.8, 4) is 0 Å². The van der Waals surface area contributed by atoms with Crippen LogP contribution in [-0.4, -0.2) is 11.6 Å². The molecule has 0 aromatic carbocycles. The van der Waals surface area contributed by atoms with Crippen LogP contribution in [0.3, 0.4) is 0 Å². The standard InChI is InChI=1S/C15H27NO2/c1-7-15(5,6)17-10-13-8-12(4)14(18-13)9-16-11(2)3/h8,11,16H,7,9-10H2,1-6H3. The zero-order valence-corrected chi connectivity index (χ0v) is 12.6. The molecule has 0 fully saturated rings. The first kappa shape index (κ1) is 15.3. The number of aryl methyl sites for hydroxylation is 1. The van der Waals surface area contributed by atoms with Crippen LogP contribution in [0.15, 0.2) is 10.5 Å². The molecule has 0 aliphatic rings. The average molecular weight is 253 g/mol. The average Bonchev–Trinajstić information content (AvgIpc) is 2.65. The van der Waals surface area contributed by atoms with Crippen LogP contribution >= 0.6 is 0 Å². The molecule has 0 aliphatic carbocycles. The minimum absolute atomic E-state index is 0.0863. The van der Waals surface area contributed by atoms with Crippen molar-refractivity contribution in [1.29, 1.82) is 0 Å². The van der Waals surface area contributed by atoms with E-state index in [0.29, 0.717) is 12.6 Å². The molecule has 1 aromatic heterocycles. The summed E-state index contributed by atoms with van der Waals surface area (Å²) in [7, 11) is 0. The van der Waals surface area contributed by atoms with E-state index in [1.807, 2.05) is 0 Å². The van der Waals surface area contributed by atoms with Crippen LogP contribution < -0.4 is 5.32 Å². The SMILES string of the molecule is CCC(C)(C)OCc1cc(C)c(CNC(C)C)o1. The van der Waals surface area contributed by atoms with Crippen LogP contribution in [0.4, 0.5) is 0 Å². The molecule has 0 atom stereocenters. The predicted molar refractivity (Wildman–Crippen MR) is 74.6 cm³/mol. The van der Waals surface area contributed by atoms with E-state index in [-0.39, 0.29) is 5.60 Å². The summed E-state index contributed by atoms with van der Waals surface area (Å²) in [4.78, 5) is 0. The maximum Gasteiger partial charge on any atom is 0.130 e. The zero-order valence-electron chi connectivity index (χ0n) is 12.6. The van der Waals surface area contributed by atoms with Gasteiger partial charge in [-0.15, -0.1) is 0 Å². The highest BCUT2D eigenvalue weighted by molar-refractivity contribution is 5.19. The van der Waals surface area contributed by atoms with Crippen molar-refractivity contribution in [3.63, 3.8) is 0 Å². The Morgan fingerprint density at radius 1 is 1.39 bits per heavy atom. The van der Waals surface area contributed by atoms with Crippen molar-refractivity contribution < 1.29 is 9.15 Å². The summed E-state index contributed by atoms with van der Waals surface area (Å²) >= 11 is 0. The van der Waals surface area contributed by atoms with E-state index >= 15 is 0 Å². The molecule has 0 spiro atoms. The highest BCUT2D eigenvalue weighted by atomic mass is 16.5. The second-order valence-corrected chi connectivity index (χ2v) is 5.76. The van der Waals surface area contributed by atoms with Gasteiger partial charge in [0.1, 0.15) is 18.1 Å². The summed E-state index contributed by atoms with van der Waals surface area (Å²) in [6.45, 7) is 14.0. The normalized spacial score (nSPS) is 12.4. The number of hydrogen-bond donors (Lipinski definition) is 1. The molecular weight excluding hydrogens is 226 g/mol. The molecule has 1 aromatic rings.